The van der Waals surface area contributed by atoms with Crippen LogP contribution < -0.4 is 16.4 Å². The van der Waals surface area contributed by atoms with Crippen LogP contribution in [0.25, 0.3) is 23.2 Å². The topological polar surface area (TPSA) is 66.5 Å². The van der Waals surface area contributed by atoms with Gasteiger partial charge in [0.15, 0.2) is 0 Å². The zero-order valence-corrected chi connectivity index (χ0v) is 13.2. The van der Waals surface area contributed by atoms with Gasteiger partial charge in [0.2, 0.25) is 0 Å². The van der Waals surface area contributed by atoms with Gasteiger partial charge in [-0.3, -0.25) is 9.36 Å². The molecule has 0 unspecified atom stereocenters. The first-order chi connectivity index (χ1) is 11.7. The summed E-state index contributed by atoms with van der Waals surface area (Å²) in [5, 5.41) is 1.53. The molecule has 24 heavy (non-hydrogen) atoms. The predicted molar refractivity (Wildman–Crippen MR) is 95.0 cm³/mol. The van der Waals surface area contributed by atoms with Crippen molar-refractivity contribution in [1.82, 2.24) is 19.5 Å². The average molecular weight is 316 g/mol. The summed E-state index contributed by atoms with van der Waals surface area (Å²) >= 11 is 0. The number of benzene rings is 1. The smallest absolute Gasteiger partial charge is 0.275 e. The first kappa shape index (κ1) is 14.3. The molecule has 3 heterocycles. The van der Waals surface area contributed by atoms with Crippen molar-refractivity contribution in [3.8, 4) is 0 Å². The van der Waals surface area contributed by atoms with Crippen LogP contribution >= 0.6 is 0 Å². The van der Waals surface area contributed by atoms with Crippen LogP contribution in [0.4, 0.5) is 0 Å². The van der Waals surface area contributed by atoms with E-state index in [-0.39, 0.29) is 5.56 Å². The Hall–Kier alpha value is -3.34. The highest BCUT2D eigenvalue weighted by atomic mass is 16.1. The monoisotopic (exact) mass is 316 g/mol. The van der Waals surface area contributed by atoms with Crippen LogP contribution in [0.3, 0.4) is 0 Å². The highest BCUT2D eigenvalue weighted by Crippen LogP contribution is 2.15. The molecule has 0 saturated carbocycles. The SMILES string of the molecule is Cn1c(=Cc2ccccc2)[nH]c(=Cc2c[nH]c3ncccc23)c1=O. The second kappa shape index (κ2) is 5.70. The third-order valence-corrected chi connectivity index (χ3v) is 4.05. The van der Waals surface area contributed by atoms with Crippen molar-refractivity contribution in [2.45, 2.75) is 0 Å². The lowest BCUT2D eigenvalue weighted by atomic mass is 10.2. The standard InChI is InChI=1S/C19H16N4O/c1-23-17(10-13-6-3-2-4-7-13)22-16(19(23)24)11-14-12-21-18-15(14)8-5-9-20-18/h2-12,22H,1H3,(H,20,21). The molecule has 0 fully saturated rings. The van der Waals surface area contributed by atoms with Crippen LogP contribution in [0.2, 0.25) is 0 Å². The Bertz CT molecular complexity index is 1180. The molecule has 4 aromatic rings. The van der Waals surface area contributed by atoms with Crippen LogP contribution in [0, 0.1) is 0 Å². The van der Waals surface area contributed by atoms with Crippen molar-refractivity contribution in [2.75, 3.05) is 0 Å². The van der Waals surface area contributed by atoms with E-state index in [0.717, 1.165) is 27.6 Å². The third-order valence-electron chi connectivity index (χ3n) is 4.05. The van der Waals surface area contributed by atoms with Crippen molar-refractivity contribution < 1.29 is 0 Å². The molecule has 0 atom stereocenters. The number of hydrogen-bond acceptors (Lipinski definition) is 2. The molecule has 2 N–H and O–H groups in total. The van der Waals surface area contributed by atoms with Gasteiger partial charge in [-0.15, -0.1) is 0 Å². The minimum atomic E-state index is -0.0598. The van der Waals surface area contributed by atoms with Gasteiger partial charge >= 0.3 is 0 Å². The molecule has 5 heteroatoms. The van der Waals surface area contributed by atoms with Gasteiger partial charge in [-0.05, 0) is 29.8 Å². The summed E-state index contributed by atoms with van der Waals surface area (Å²) in [7, 11) is 1.77. The minimum absolute atomic E-state index is 0.0598. The molecular weight excluding hydrogens is 300 g/mol. The first-order valence-corrected chi connectivity index (χ1v) is 7.68. The fourth-order valence-electron chi connectivity index (χ4n) is 2.76. The summed E-state index contributed by atoms with van der Waals surface area (Å²) in [6.07, 6.45) is 7.41. The fraction of sp³-hybridized carbons (Fsp3) is 0.0526. The van der Waals surface area contributed by atoms with E-state index in [1.54, 1.807) is 17.8 Å². The second-order valence-electron chi connectivity index (χ2n) is 5.63. The van der Waals surface area contributed by atoms with Gasteiger partial charge in [-0.25, -0.2) is 4.98 Å². The van der Waals surface area contributed by atoms with E-state index in [9.17, 15) is 4.79 Å². The number of aromatic amines is 2. The van der Waals surface area contributed by atoms with Gasteiger partial charge in [0.25, 0.3) is 5.56 Å². The lowest BCUT2D eigenvalue weighted by Crippen LogP contribution is -2.28. The number of imidazole rings is 1. The largest absolute Gasteiger partial charge is 0.346 e. The molecule has 0 spiro atoms. The van der Waals surface area contributed by atoms with Crippen LogP contribution in [0.15, 0.2) is 59.7 Å². The lowest BCUT2D eigenvalue weighted by molar-refractivity contribution is 0.837. The molecule has 0 amide bonds. The Morgan fingerprint density at radius 3 is 2.75 bits per heavy atom. The number of H-pyrrole nitrogens is 2. The molecule has 0 saturated heterocycles. The zero-order valence-electron chi connectivity index (χ0n) is 13.2. The van der Waals surface area contributed by atoms with E-state index in [1.807, 2.05) is 60.8 Å². The average Bonchev–Trinajstić information content (AvgIpc) is 3.13. The molecule has 1 aromatic carbocycles. The van der Waals surface area contributed by atoms with Gasteiger partial charge in [-0.1, -0.05) is 30.3 Å². The molecule has 118 valence electrons. The molecule has 0 aliphatic carbocycles. The summed E-state index contributed by atoms with van der Waals surface area (Å²) in [4.78, 5) is 23.1. The number of hydrogen-bond donors (Lipinski definition) is 2. The Balaban J connectivity index is 1.90. The molecule has 5 nitrogen and oxygen atoms in total. The van der Waals surface area contributed by atoms with Gasteiger partial charge < -0.3 is 9.97 Å². The molecule has 0 aliphatic rings. The summed E-state index contributed by atoms with van der Waals surface area (Å²) in [6, 6.07) is 13.8. The number of aromatic nitrogens is 4. The van der Waals surface area contributed by atoms with Gasteiger partial charge in [-0.2, -0.15) is 0 Å². The maximum atomic E-state index is 12.5. The molecule has 3 aromatic heterocycles. The molecule has 0 bridgehead atoms. The quantitative estimate of drug-likeness (QED) is 0.584. The molecule has 4 rings (SSSR count). The zero-order chi connectivity index (χ0) is 16.5. The van der Waals surface area contributed by atoms with E-state index in [4.69, 9.17) is 0 Å². The number of rotatable bonds is 2. The van der Waals surface area contributed by atoms with E-state index < -0.39 is 0 Å². The van der Waals surface area contributed by atoms with Gasteiger partial charge in [0.1, 0.15) is 16.5 Å². The van der Waals surface area contributed by atoms with E-state index in [2.05, 4.69) is 15.0 Å². The van der Waals surface area contributed by atoms with Crippen molar-refractivity contribution in [3.63, 3.8) is 0 Å². The Kier molecular flexibility index (Phi) is 3.39. The van der Waals surface area contributed by atoms with Gasteiger partial charge in [0.05, 0.1) is 0 Å². The van der Waals surface area contributed by atoms with E-state index in [1.165, 1.54) is 0 Å². The summed E-state index contributed by atoms with van der Waals surface area (Å²) in [5.74, 6) is 0. The molecule has 0 radical (unpaired) electrons. The normalized spacial score (nSPS) is 13.0. The van der Waals surface area contributed by atoms with E-state index in [0.29, 0.717) is 5.35 Å². The predicted octanol–water partition coefficient (Wildman–Crippen LogP) is 1.25. The summed E-state index contributed by atoms with van der Waals surface area (Å²) in [5.41, 5.74) is 3.48. The number of pyridine rings is 1. The van der Waals surface area contributed by atoms with Crippen LogP contribution in [-0.4, -0.2) is 19.5 Å². The summed E-state index contributed by atoms with van der Waals surface area (Å²) in [6.45, 7) is 0. The minimum Gasteiger partial charge on any atom is -0.346 e. The first-order valence-electron chi connectivity index (χ1n) is 7.68. The maximum absolute atomic E-state index is 12.5. The molecular formula is C19H16N4O. The fourth-order valence-corrected chi connectivity index (χ4v) is 2.76. The van der Waals surface area contributed by atoms with Crippen LogP contribution in [0.1, 0.15) is 11.1 Å². The van der Waals surface area contributed by atoms with E-state index >= 15 is 0 Å². The number of nitrogens with one attached hydrogen (secondary N) is 2. The second-order valence-corrected chi connectivity index (χ2v) is 5.63. The lowest BCUT2D eigenvalue weighted by Gasteiger charge is -1.91. The summed E-state index contributed by atoms with van der Waals surface area (Å²) < 4.78 is 1.62. The Labute approximate surface area is 137 Å². The third kappa shape index (κ3) is 2.46. The Morgan fingerprint density at radius 2 is 1.92 bits per heavy atom. The number of fused-ring (bicyclic) bond motifs is 1. The van der Waals surface area contributed by atoms with Crippen LogP contribution in [-0.2, 0) is 7.05 Å². The van der Waals surface area contributed by atoms with Gasteiger partial charge in [0, 0.05) is 30.4 Å². The Morgan fingerprint density at radius 1 is 1.08 bits per heavy atom. The molecule has 0 aliphatic heterocycles. The highest BCUT2D eigenvalue weighted by molar-refractivity contribution is 5.85. The van der Waals surface area contributed by atoms with Crippen molar-refractivity contribution >= 4 is 23.2 Å². The van der Waals surface area contributed by atoms with Crippen LogP contribution in [0.5, 0.6) is 0 Å². The van der Waals surface area contributed by atoms with Crippen molar-refractivity contribution in [3.05, 3.63) is 87.2 Å². The highest BCUT2D eigenvalue weighted by Gasteiger charge is 2.04. The number of nitrogens with zero attached hydrogens (tertiary/aromatic N) is 2. The van der Waals surface area contributed by atoms with Crippen molar-refractivity contribution in [1.29, 1.82) is 0 Å². The maximum Gasteiger partial charge on any atom is 0.275 e. The van der Waals surface area contributed by atoms with Crippen molar-refractivity contribution in [2.24, 2.45) is 7.05 Å².